The number of halogens is 1. The minimum atomic E-state index is -0.121. The van der Waals surface area contributed by atoms with Gasteiger partial charge in [-0.1, -0.05) is 26.8 Å². The maximum absolute atomic E-state index is 14.2. The van der Waals surface area contributed by atoms with Crippen LogP contribution in [0.15, 0.2) is 18.2 Å². The Hall–Kier alpha value is -1.09. The highest BCUT2D eigenvalue weighted by molar-refractivity contribution is 5.55. The van der Waals surface area contributed by atoms with Crippen LogP contribution >= 0.6 is 0 Å². The predicted octanol–water partition coefficient (Wildman–Crippen LogP) is 3.98. The fourth-order valence-electron chi connectivity index (χ4n) is 2.40. The van der Waals surface area contributed by atoms with Crippen LogP contribution in [0.4, 0.5) is 10.1 Å². The average Bonchev–Trinajstić information content (AvgIpc) is 2.34. The Morgan fingerprint density at radius 1 is 1.26 bits per heavy atom. The van der Waals surface area contributed by atoms with E-state index in [1.807, 2.05) is 20.0 Å². The van der Waals surface area contributed by atoms with E-state index in [9.17, 15) is 4.39 Å². The van der Waals surface area contributed by atoms with Gasteiger partial charge in [0.1, 0.15) is 5.82 Å². The van der Waals surface area contributed by atoms with Crippen molar-refractivity contribution in [2.75, 3.05) is 25.0 Å². The number of nitrogens with zero attached hydrogens (tertiary/aromatic N) is 1. The zero-order valence-corrected chi connectivity index (χ0v) is 12.8. The van der Waals surface area contributed by atoms with Gasteiger partial charge in [0, 0.05) is 30.9 Å². The summed E-state index contributed by atoms with van der Waals surface area (Å²) in [7, 11) is 2.03. The SMILES string of the molecule is CCCNC(C)c1c(F)cccc1N(C)CC(C)C. The lowest BCUT2D eigenvalue weighted by Gasteiger charge is -2.27. The number of nitrogens with one attached hydrogen (secondary N) is 1. The average molecular weight is 266 g/mol. The van der Waals surface area contributed by atoms with Gasteiger partial charge in [0.25, 0.3) is 0 Å². The molecule has 0 aliphatic heterocycles. The fraction of sp³-hybridized carbons (Fsp3) is 0.625. The van der Waals surface area contributed by atoms with E-state index in [4.69, 9.17) is 0 Å². The second kappa shape index (κ2) is 7.49. The Bertz CT molecular complexity index is 390. The van der Waals surface area contributed by atoms with Gasteiger partial charge in [0.15, 0.2) is 0 Å². The molecule has 1 atom stereocenters. The van der Waals surface area contributed by atoms with Gasteiger partial charge in [-0.15, -0.1) is 0 Å². The van der Waals surface area contributed by atoms with Crippen molar-refractivity contribution in [3.8, 4) is 0 Å². The summed E-state index contributed by atoms with van der Waals surface area (Å²) in [5.74, 6) is 0.434. The van der Waals surface area contributed by atoms with Gasteiger partial charge in [-0.3, -0.25) is 0 Å². The second-order valence-corrected chi connectivity index (χ2v) is 5.62. The molecule has 1 N–H and O–H groups in total. The number of rotatable bonds is 7. The molecule has 108 valence electrons. The van der Waals surface area contributed by atoms with Crippen LogP contribution in [0, 0.1) is 11.7 Å². The lowest BCUT2D eigenvalue weighted by Crippen LogP contribution is -2.27. The molecule has 1 aromatic carbocycles. The third-order valence-electron chi connectivity index (χ3n) is 3.21. The number of hydrogen-bond donors (Lipinski definition) is 1. The number of benzene rings is 1. The molecule has 0 aliphatic rings. The molecule has 3 heteroatoms. The van der Waals surface area contributed by atoms with E-state index in [1.54, 1.807) is 12.1 Å². The summed E-state index contributed by atoms with van der Waals surface area (Å²) in [5, 5.41) is 3.37. The Morgan fingerprint density at radius 3 is 2.53 bits per heavy atom. The molecule has 0 spiro atoms. The van der Waals surface area contributed by atoms with Crippen LogP contribution in [-0.4, -0.2) is 20.1 Å². The first-order chi connectivity index (χ1) is 8.97. The summed E-state index contributed by atoms with van der Waals surface area (Å²) in [4.78, 5) is 2.15. The minimum absolute atomic E-state index is 0.0331. The van der Waals surface area contributed by atoms with E-state index in [2.05, 4.69) is 31.0 Å². The van der Waals surface area contributed by atoms with E-state index in [0.717, 1.165) is 30.8 Å². The molecular formula is C16H27FN2. The van der Waals surface area contributed by atoms with Gasteiger partial charge in [-0.25, -0.2) is 4.39 Å². The molecule has 0 aliphatic carbocycles. The summed E-state index contributed by atoms with van der Waals surface area (Å²) in [6, 6.07) is 5.38. The molecule has 0 radical (unpaired) electrons. The molecule has 2 nitrogen and oxygen atoms in total. The molecule has 0 heterocycles. The van der Waals surface area contributed by atoms with Crippen LogP contribution in [0.1, 0.15) is 45.7 Å². The quantitative estimate of drug-likeness (QED) is 0.803. The van der Waals surface area contributed by atoms with Crippen LogP contribution in [-0.2, 0) is 0 Å². The van der Waals surface area contributed by atoms with Crippen molar-refractivity contribution >= 4 is 5.69 Å². The van der Waals surface area contributed by atoms with Crippen LogP contribution in [0.2, 0.25) is 0 Å². The Morgan fingerprint density at radius 2 is 1.95 bits per heavy atom. The van der Waals surface area contributed by atoms with Crippen molar-refractivity contribution in [2.45, 2.75) is 40.2 Å². The van der Waals surface area contributed by atoms with E-state index in [0.29, 0.717) is 5.92 Å². The van der Waals surface area contributed by atoms with Gasteiger partial charge < -0.3 is 10.2 Å². The molecule has 1 unspecified atom stereocenters. The Balaban J connectivity index is 3.00. The first-order valence-electron chi connectivity index (χ1n) is 7.20. The number of hydrogen-bond acceptors (Lipinski definition) is 2. The van der Waals surface area contributed by atoms with Crippen LogP contribution < -0.4 is 10.2 Å². The van der Waals surface area contributed by atoms with Crippen molar-refractivity contribution in [1.82, 2.24) is 5.32 Å². The molecule has 0 saturated heterocycles. The third kappa shape index (κ3) is 4.50. The maximum atomic E-state index is 14.2. The summed E-state index contributed by atoms with van der Waals surface area (Å²) in [6.07, 6.45) is 1.05. The molecule has 0 bridgehead atoms. The predicted molar refractivity (Wildman–Crippen MR) is 81.2 cm³/mol. The molecular weight excluding hydrogens is 239 g/mol. The second-order valence-electron chi connectivity index (χ2n) is 5.62. The van der Waals surface area contributed by atoms with Gasteiger partial charge in [0.05, 0.1) is 0 Å². The summed E-state index contributed by atoms with van der Waals surface area (Å²) in [5.41, 5.74) is 1.77. The summed E-state index contributed by atoms with van der Waals surface area (Å²) >= 11 is 0. The zero-order valence-electron chi connectivity index (χ0n) is 12.8. The first kappa shape index (κ1) is 16.0. The summed E-state index contributed by atoms with van der Waals surface area (Å²) in [6.45, 7) is 10.3. The number of anilines is 1. The molecule has 0 fully saturated rings. The minimum Gasteiger partial charge on any atom is -0.374 e. The monoisotopic (exact) mass is 266 g/mol. The topological polar surface area (TPSA) is 15.3 Å². The van der Waals surface area contributed by atoms with Gasteiger partial charge >= 0.3 is 0 Å². The van der Waals surface area contributed by atoms with E-state index in [-0.39, 0.29) is 11.9 Å². The van der Waals surface area contributed by atoms with E-state index >= 15 is 0 Å². The highest BCUT2D eigenvalue weighted by Crippen LogP contribution is 2.28. The largest absolute Gasteiger partial charge is 0.374 e. The molecule has 1 aromatic rings. The Labute approximate surface area is 117 Å². The molecule has 0 amide bonds. The summed E-state index contributed by atoms with van der Waals surface area (Å²) < 4.78 is 14.2. The molecule has 1 rings (SSSR count). The molecule has 19 heavy (non-hydrogen) atoms. The van der Waals surface area contributed by atoms with E-state index in [1.165, 1.54) is 0 Å². The van der Waals surface area contributed by atoms with Gasteiger partial charge in [0.2, 0.25) is 0 Å². The molecule has 0 saturated carbocycles. The van der Waals surface area contributed by atoms with Crippen molar-refractivity contribution in [3.05, 3.63) is 29.6 Å². The smallest absolute Gasteiger partial charge is 0.130 e. The standard InChI is InChI=1S/C16H27FN2/c1-6-10-18-13(4)16-14(17)8-7-9-15(16)19(5)11-12(2)3/h7-9,12-13,18H,6,10-11H2,1-5H3. The first-order valence-corrected chi connectivity index (χ1v) is 7.20. The highest BCUT2D eigenvalue weighted by Gasteiger charge is 2.17. The van der Waals surface area contributed by atoms with Crippen LogP contribution in [0.25, 0.3) is 0 Å². The zero-order chi connectivity index (χ0) is 14.4. The van der Waals surface area contributed by atoms with Gasteiger partial charge in [-0.2, -0.15) is 0 Å². The molecule has 0 aromatic heterocycles. The van der Waals surface area contributed by atoms with Crippen molar-refractivity contribution in [3.63, 3.8) is 0 Å². The van der Waals surface area contributed by atoms with E-state index < -0.39 is 0 Å². The maximum Gasteiger partial charge on any atom is 0.130 e. The lowest BCUT2D eigenvalue weighted by atomic mass is 10.0. The Kier molecular flexibility index (Phi) is 6.29. The third-order valence-corrected chi connectivity index (χ3v) is 3.21. The van der Waals surface area contributed by atoms with Gasteiger partial charge in [-0.05, 0) is 37.9 Å². The van der Waals surface area contributed by atoms with Crippen LogP contribution in [0.3, 0.4) is 0 Å². The van der Waals surface area contributed by atoms with Crippen molar-refractivity contribution in [1.29, 1.82) is 0 Å². The fourth-order valence-corrected chi connectivity index (χ4v) is 2.40. The normalized spacial score (nSPS) is 12.8. The highest BCUT2D eigenvalue weighted by atomic mass is 19.1. The van der Waals surface area contributed by atoms with Crippen molar-refractivity contribution in [2.24, 2.45) is 5.92 Å². The van der Waals surface area contributed by atoms with Crippen LogP contribution in [0.5, 0.6) is 0 Å². The van der Waals surface area contributed by atoms with Crippen molar-refractivity contribution < 1.29 is 4.39 Å². The lowest BCUT2D eigenvalue weighted by molar-refractivity contribution is 0.525.